The predicted octanol–water partition coefficient (Wildman–Crippen LogP) is 2.16. The maximum absolute atomic E-state index is 12.2. The van der Waals surface area contributed by atoms with E-state index in [0.29, 0.717) is 11.1 Å². The number of nitrogens with zero attached hydrogens (tertiary/aromatic N) is 1. The molecule has 1 fully saturated rings. The average molecular weight is 253 g/mol. The standard InChI is InChI=1S/C13H17ClN2O/c1-15-12-6-8-16(9-7-12)13(17)10-2-4-11(14)5-3-10/h2-5,12,15H,6-9H2,1H3. The first-order chi connectivity index (χ1) is 8.20. The molecule has 0 saturated carbocycles. The Labute approximate surface area is 107 Å². The molecule has 1 heterocycles. The Morgan fingerprint density at radius 3 is 2.41 bits per heavy atom. The second-order valence-corrected chi connectivity index (χ2v) is 4.80. The van der Waals surface area contributed by atoms with Gasteiger partial charge in [0.05, 0.1) is 0 Å². The second kappa shape index (κ2) is 5.52. The van der Waals surface area contributed by atoms with Crippen molar-refractivity contribution in [3.8, 4) is 0 Å². The van der Waals surface area contributed by atoms with Crippen molar-refractivity contribution >= 4 is 17.5 Å². The van der Waals surface area contributed by atoms with Crippen molar-refractivity contribution in [1.82, 2.24) is 10.2 Å². The van der Waals surface area contributed by atoms with Crippen LogP contribution in [-0.4, -0.2) is 37.0 Å². The highest BCUT2D eigenvalue weighted by atomic mass is 35.5. The lowest BCUT2D eigenvalue weighted by Crippen LogP contribution is -2.43. The number of halogens is 1. The Morgan fingerprint density at radius 2 is 1.88 bits per heavy atom. The molecule has 2 rings (SSSR count). The highest BCUT2D eigenvalue weighted by molar-refractivity contribution is 6.30. The molecule has 0 atom stereocenters. The molecular weight excluding hydrogens is 236 g/mol. The maximum Gasteiger partial charge on any atom is 0.253 e. The fraction of sp³-hybridized carbons (Fsp3) is 0.462. The lowest BCUT2D eigenvalue weighted by molar-refractivity contribution is 0.0707. The van der Waals surface area contributed by atoms with Crippen molar-refractivity contribution < 1.29 is 4.79 Å². The monoisotopic (exact) mass is 252 g/mol. The quantitative estimate of drug-likeness (QED) is 0.875. The summed E-state index contributed by atoms with van der Waals surface area (Å²) in [4.78, 5) is 14.1. The molecule has 1 aliphatic rings. The molecule has 1 saturated heterocycles. The van der Waals surface area contributed by atoms with Crippen molar-refractivity contribution in [3.05, 3.63) is 34.9 Å². The van der Waals surface area contributed by atoms with Crippen LogP contribution in [0.3, 0.4) is 0 Å². The van der Waals surface area contributed by atoms with Crippen LogP contribution in [0.1, 0.15) is 23.2 Å². The van der Waals surface area contributed by atoms with Gasteiger partial charge in [0, 0.05) is 29.7 Å². The van der Waals surface area contributed by atoms with Gasteiger partial charge < -0.3 is 10.2 Å². The normalized spacial score (nSPS) is 17.2. The Morgan fingerprint density at radius 1 is 1.29 bits per heavy atom. The van der Waals surface area contributed by atoms with E-state index in [-0.39, 0.29) is 5.91 Å². The van der Waals surface area contributed by atoms with E-state index >= 15 is 0 Å². The van der Waals surface area contributed by atoms with Crippen LogP contribution < -0.4 is 5.32 Å². The number of nitrogens with one attached hydrogen (secondary N) is 1. The van der Waals surface area contributed by atoms with Gasteiger partial charge in [-0.1, -0.05) is 11.6 Å². The fourth-order valence-corrected chi connectivity index (χ4v) is 2.27. The first kappa shape index (κ1) is 12.4. The molecule has 0 aromatic heterocycles. The molecule has 1 aliphatic heterocycles. The van der Waals surface area contributed by atoms with E-state index in [1.807, 2.05) is 11.9 Å². The zero-order valence-corrected chi connectivity index (χ0v) is 10.7. The number of hydrogen-bond donors (Lipinski definition) is 1. The summed E-state index contributed by atoms with van der Waals surface area (Å²) in [7, 11) is 1.97. The number of amides is 1. The van der Waals surface area contributed by atoms with E-state index in [0.717, 1.165) is 31.5 Å². The molecule has 0 radical (unpaired) electrons. The molecule has 0 aliphatic carbocycles. The molecule has 1 aromatic rings. The van der Waals surface area contributed by atoms with Gasteiger partial charge in [0.1, 0.15) is 0 Å². The van der Waals surface area contributed by atoms with Crippen LogP contribution in [0, 0.1) is 0 Å². The van der Waals surface area contributed by atoms with E-state index in [1.165, 1.54) is 0 Å². The van der Waals surface area contributed by atoms with Gasteiger partial charge >= 0.3 is 0 Å². The van der Waals surface area contributed by atoms with Gasteiger partial charge in [0.25, 0.3) is 5.91 Å². The number of hydrogen-bond acceptors (Lipinski definition) is 2. The molecule has 0 unspecified atom stereocenters. The summed E-state index contributed by atoms with van der Waals surface area (Å²) in [6, 6.07) is 7.64. The number of benzene rings is 1. The number of piperidine rings is 1. The third-order valence-electron chi connectivity index (χ3n) is 3.28. The van der Waals surface area contributed by atoms with Crippen LogP contribution in [-0.2, 0) is 0 Å². The number of rotatable bonds is 2. The molecule has 1 N–H and O–H groups in total. The first-order valence-electron chi connectivity index (χ1n) is 5.93. The zero-order valence-electron chi connectivity index (χ0n) is 9.95. The van der Waals surface area contributed by atoms with Gasteiger partial charge in [-0.2, -0.15) is 0 Å². The molecule has 0 spiro atoms. The highest BCUT2D eigenvalue weighted by Gasteiger charge is 2.22. The summed E-state index contributed by atoms with van der Waals surface area (Å²) in [6.07, 6.45) is 2.05. The van der Waals surface area contributed by atoms with Gasteiger partial charge in [-0.25, -0.2) is 0 Å². The molecule has 4 heteroatoms. The smallest absolute Gasteiger partial charge is 0.253 e. The molecule has 3 nitrogen and oxygen atoms in total. The summed E-state index contributed by atoms with van der Waals surface area (Å²) in [6.45, 7) is 1.65. The van der Waals surface area contributed by atoms with Crippen LogP contribution in [0.5, 0.6) is 0 Å². The Balaban J connectivity index is 1.99. The summed E-state index contributed by atoms with van der Waals surface area (Å²) in [5.41, 5.74) is 0.720. The van der Waals surface area contributed by atoms with Crippen LogP contribution in [0.25, 0.3) is 0 Å². The minimum atomic E-state index is 0.108. The molecule has 0 bridgehead atoms. The third kappa shape index (κ3) is 2.99. The van der Waals surface area contributed by atoms with E-state index in [2.05, 4.69) is 5.32 Å². The largest absolute Gasteiger partial charge is 0.339 e. The van der Waals surface area contributed by atoms with Crippen LogP contribution in [0.4, 0.5) is 0 Å². The van der Waals surface area contributed by atoms with Crippen molar-refractivity contribution in [2.24, 2.45) is 0 Å². The highest BCUT2D eigenvalue weighted by Crippen LogP contribution is 2.15. The van der Waals surface area contributed by atoms with Gasteiger partial charge in [0.15, 0.2) is 0 Å². The second-order valence-electron chi connectivity index (χ2n) is 4.36. The summed E-state index contributed by atoms with van der Waals surface area (Å²) >= 11 is 5.81. The van der Waals surface area contributed by atoms with Crippen molar-refractivity contribution in [1.29, 1.82) is 0 Å². The zero-order chi connectivity index (χ0) is 12.3. The maximum atomic E-state index is 12.2. The molecular formula is C13H17ClN2O. The summed E-state index contributed by atoms with van der Waals surface area (Å²) < 4.78 is 0. The fourth-order valence-electron chi connectivity index (χ4n) is 2.15. The van der Waals surface area contributed by atoms with Crippen LogP contribution >= 0.6 is 11.6 Å². The van der Waals surface area contributed by atoms with Gasteiger partial charge in [-0.3, -0.25) is 4.79 Å². The first-order valence-corrected chi connectivity index (χ1v) is 6.30. The average Bonchev–Trinajstić information content (AvgIpc) is 2.39. The lowest BCUT2D eigenvalue weighted by atomic mass is 10.0. The summed E-state index contributed by atoms with van der Waals surface area (Å²) in [5, 5.41) is 3.92. The molecule has 17 heavy (non-hydrogen) atoms. The van der Waals surface area contributed by atoms with E-state index in [1.54, 1.807) is 24.3 Å². The number of carbonyl (C=O) groups is 1. The predicted molar refractivity (Wildman–Crippen MR) is 69.4 cm³/mol. The van der Waals surface area contributed by atoms with Gasteiger partial charge in [-0.05, 0) is 44.2 Å². The Bertz CT molecular complexity index is 383. The Hall–Kier alpha value is -1.06. The number of likely N-dealkylation sites (tertiary alicyclic amines) is 1. The van der Waals surface area contributed by atoms with E-state index in [4.69, 9.17) is 11.6 Å². The molecule has 1 aromatic carbocycles. The van der Waals surface area contributed by atoms with E-state index < -0.39 is 0 Å². The SMILES string of the molecule is CNC1CCN(C(=O)c2ccc(Cl)cc2)CC1. The summed E-state index contributed by atoms with van der Waals surface area (Å²) in [5.74, 6) is 0.108. The lowest BCUT2D eigenvalue weighted by Gasteiger charge is -2.31. The van der Waals surface area contributed by atoms with Gasteiger partial charge in [0.2, 0.25) is 0 Å². The van der Waals surface area contributed by atoms with Gasteiger partial charge in [-0.15, -0.1) is 0 Å². The van der Waals surface area contributed by atoms with E-state index in [9.17, 15) is 4.79 Å². The number of carbonyl (C=O) groups excluding carboxylic acids is 1. The third-order valence-corrected chi connectivity index (χ3v) is 3.53. The minimum Gasteiger partial charge on any atom is -0.339 e. The molecule has 92 valence electrons. The van der Waals surface area contributed by atoms with Crippen molar-refractivity contribution in [2.45, 2.75) is 18.9 Å². The van der Waals surface area contributed by atoms with Crippen molar-refractivity contribution in [3.63, 3.8) is 0 Å². The van der Waals surface area contributed by atoms with Crippen LogP contribution in [0.15, 0.2) is 24.3 Å². The minimum absolute atomic E-state index is 0.108. The van der Waals surface area contributed by atoms with Crippen LogP contribution in [0.2, 0.25) is 5.02 Å². The Kier molecular flexibility index (Phi) is 4.02. The topological polar surface area (TPSA) is 32.3 Å². The van der Waals surface area contributed by atoms with Crippen molar-refractivity contribution in [2.75, 3.05) is 20.1 Å². The molecule has 1 amide bonds.